The van der Waals surface area contributed by atoms with Gasteiger partial charge in [-0.2, -0.15) is 0 Å². The molecule has 3 aromatic rings. The molecule has 186 valence electrons. The number of nitrogens with zero attached hydrogens (tertiary/aromatic N) is 1. The van der Waals surface area contributed by atoms with Crippen molar-refractivity contribution < 1.29 is 37.3 Å². The van der Waals surface area contributed by atoms with Gasteiger partial charge in [-0.15, -0.1) is 13.2 Å². The summed E-state index contributed by atoms with van der Waals surface area (Å²) in [5.41, 5.74) is 1.17. The third kappa shape index (κ3) is 4.87. The first-order valence-electron chi connectivity index (χ1n) is 10.6. The van der Waals surface area contributed by atoms with Gasteiger partial charge in [-0.1, -0.05) is 47.5 Å². The Labute approximate surface area is 209 Å². The van der Waals surface area contributed by atoms with Crippen LogP contribution in [0.2, 0.25) is 5.02 Å². The predicted octanol–water partition coefficient (Wildman–Crippen LogP) is 6.18. The van der Waals surface area contributed by atoms with Gasteiger partial charge in [0, 0.05) is 17.3 Å². The molecular formula is C26H19ClF3NO5. The van der Waals surface area contributed by atoms with Gasteiger partial charge in [0.15, 0.2) is 0 Å². The van der Waals surface area contributed by atoms with E-state index in [0.717, 1.165) is 22.6 Å². The van der Waals surface area contributed by atoms with Gasteiger partial charge in [0.2, 0.25) is 0 Å². The lowest BCUT2D eigenvalue weighted by Crippen LogP contribution is -2.29. The molecule has 0 saturated carbocycles. The average molecular weight is 518 g/mol. The third-order valence-electron chi connectivity index (χ3n) is 5.56. The molecule has 0 bridgehead atoms. The van der Waals surface area contributed by atoms with E-state index in [1.54, 1.807) is 31.2 Å². The van der Waals surface area contributed by atoms with Gasteiger partial charge in [-0.3, -0.25) is 14.5 Å². The van der Waals surface area contributed by atoms with Crippen molar-refractivity contribution >= 4 is 34.7 Å². The second-order valence-electron chi connectivity index (χ2n) is 7.98. The number of alkyl halides is 3. The molecule has 10 heteroatoms. The van der Waals surface area contributed by atoms with Gasteiger partial charge >= 0.3 is 6.36 Å². The van der Waals surface area contributed by atoms with Crippen LogP contribution in [-0.2, 0) is 9.59 Å². The minimum absolute atomic E-state index is 0.0165. The SMILES string of the molecule is COc1ccc(/C(O)=C2\C(=O)C(=O)N(c3cccc(OC(F)(F)F)c3)C2c2cccc(C)c2)cc1Cl. The van der Waals surface area contributed by atoms with E-state index in [0.29, 0.717) is 11.3 Å². The molecule has 0 spiro atoms. The van der Waals surface area contributed by atoms with Crippen LogP contribution < -0.4 is 14.4 Å². The molecule has 0 radical (unpaired) electrons. The van der Waals surface area contributed by atoms with Crippen molar-refractivity contribution in [2.45, 2.75) is 19.3 Å². The number of ketones is 1. The van der Waals surface area contributed by atoms with Crippen LogP contribution in [-0.4, -0.2) is 30.3 Å². The van der Waals surface area contributed by atoms with E-state index in [4.69, 9.17) is 16.3 Å². The molecule has 0 aliphatic carbocycles. The fourth-order valence-corrected chi connectivity index (χ4v) is 4.31. The smallest absolute Gasteiger partial charge is 0.507 e. The molecule has 6 nitrogen and oxygen atoms in total. The molecule has 0 aromatic heterocycles. The van der Waals surface area contributed by atoms with Crippen LogP contribution in [0.15, 0.2) is 72.3 Å². The molecule has 1 aliphatic rings. The zero-order valence-electron chi connectivity index (χ0n) is 19.0. The number of hydrogen-bond donors (Lipinski definition) is 1. The number of amides is 1. The Bertz CT molecular complexity index is 1390. The number of Topliss-reactive ketones (excluding diaryl/α,β-unsaturated/α-hetero) is 1. The number of aliphatic hydroxyl groups excluding tert-OH is 1. The maximum atomic E-state index is 13.2. The highest BCUT2D eigenvalue weighted by Crippen LogP contribution is 2.43. The Morgan fingerprint density at radius 1 is 1.03 bits per heavy atom. The molecule has 1 atom stereocenters. The van der Waals surface area contributed by atoms with E-state index in [2.05, 4.69) is 4.74 Å². The number of methoxy groups -OCH3 is 1. The number of carbonyl (C=O) groups excluding carboxylic acids is 2. The van der Waals surface area contributed by atoms with Gasteiger partial charge in [0.05, 0.1) is 23.7 Å². The van der Waals surface area contributed by atoms with Crippen molar-refractivity contribution in [3.63, 3.8) is 0 Å². The van der Waals surface area contributed by atoms with Crippen LogP contribution in [0.1, 0.15) is 22.7 Å². The summed E-state index contributed by atoms with van der Waals surface area (Å²) >= 11 is 6.19. The summed E-state index contributed by atoms with van der Waals surface area (Å²) in [6.07, 6.45) is -4.95. The van der Waals surface area contributed by atoms with Crippen LogP contribution >= 0.6 is 11.6 Å². The highest BCUT2D eigenvalue weighted by Gasteiger charge is 2.47. The highest BCUT2D eigenvalue weighted by atomic mass is 35.5. The van der Waals surface area contributed by atoms with Gasteiger partial charge in [0.1, 0.15) is 17.3 Å². The zero-order valence-corrected chi connectivity index (χ0v) is 19.7. The second-order valence-corrected chi connectivity index (χ2v) is 8.38. The van der Waals surface area contributed by atoms with E-state index in [-0.39, 0.29) is 21.8 Å². The molecule has 1 N–H and O–H groups in total. The standard InChI is InChI=1S/C26H19ClF3NO5/c1-14-5-3-6-15(11-14)22-21(23(32)16-9-10-20(35-2)19(27)12-16)24(33)25(34)31(22)17-7-4-8-18(13-17)36-26(28,29)30/h3-13,22,32H,1-2H3/b23-21+. The summed E-state index contributed by atoms with van der Waals surface area (Å²) in [5.74, 6) is -2.74. The van der Waals surface area contributed by atoms with Gasteiger partial charge in [0.25, 0.3) is 11.7 Å². The first-order chi connectivity index (χ1) is 17.0. The molecule has 1 fully saturated rings. The monoisotopic (exact) mass is 517 g/mol. The number of ether oxygens (including phenoxy) is 2. The largest absolute Gasteiger partial charge is 0.573 e. The third-order valence-corrected chi connectivity index (χ3v) is 5.85. The van der Waals surface area contributed by atoms with E-state index in [9.17, 15) is 27.9 Å². The minimum atomic E-state index is -4.95. The second kappa shape index (κ2) is 9.58. The minimum Gasteiger partial charge on any atom is -0.507 e. The van der Waals surface area contributed by atoms with Crippen molar-refractivity contribution in [3.05, 3.63) is 94.0 Å². The van der Waals surface area contributed by atoms with Gasteiger partial charge in [-0.05, 0) is 42.8 Å². The summed E-state index contributed by atoms with van der Waals surface area (Å²) in [6.45, 7) is 1.80. The number of carbonyl (C=O) groups is 2. The normalized spacial score (nSPS) is 17.4. The molecule has 1 unspecified atom stereocenters. The Kier molecular flexibility index (Phi) is 6.69. The lowest BCUT2D eigenvalue weighted by Gasteiger charge is -2.26. The molecule has 1 saturated heterocycles. The number of halogens is 4. The molecule has 3 aromatic carbocycles. The summed E-state index contributed by atoms with van der Waals surface area (Å²) in [6, 6.07) is 14.8. The maximum absolute atomic E-state index is 13.2. The van der Waals surface area contributed by atoms with Gasteiger partial charge < -0.3 is 14.6 Å². The lowest BCUT2D eigenvalue weighted by molar-refractivity contribution is -0.274. The van der Waals surface area contributed by atoms with E-state index in [1.165, 1.54) is 37.4 Å². The number of aryl methyl sites for hydroxylation is 1. The first kappa shape index (κ1) is 25.1. The van der Waals surface area contributed by atoms with Crippen molar-refractivity contribution in [2.75, 3.05) is 12.0 Å². The van der Waals surface area contributed by atoms with Crippen LogP contribution in [0.25, 0.3) is 5.76 Å². The van der Waals surface area contributed by atoms with E-state index in [1.807, 2.05) is 0 Å². The number of rotatable bonds is 5. The van der Waals surface area contributed by atoms with Crippen LogP contribution in [0, 0.1) is 6.92 Å². The van der Waals surface area contributed by atoms with Gasteiger partial charge in [-0.25, -0.2) is 0 Å². The molecule has 4 rings (SSSR count). The highest BCUT2D eigenvalue weighted by molar-refractivity contribution is 6.51. The van der Waals surface area contributed by atoms with E-state index < -0.39 is 35.6 Å². The Hall–Kier alpha value is -3.98. The average Bonchev–Trinajstić information content (AvgIpc) is 3.08. The van der Waals surface area contributed by atoms with Crippen LogP contribution in [0.5, 0.6) is 11.5 Å². The summed E-state index contributed by atoms with van der Waals surface area (Å²) in [5, 5.41) is 11.3. The fraction of sp³-hybridized carbons (Fsp3) is 0.154. The van der Waals surface area contributed by atoms with Crippen molar-refractivity contribution in [2.24, 2.45) is 0 Å². The quantitative estimate of drug-likeness (QED) is 0.248. The lowest BCUT2D eigenvalue weighted by atomic mass is 9.94. The summed E-state index contributed by atoms with van der Waals surface area (Å²) in [7, 11) is 1.42. The molecule has 36 heavy (non-hydrogen) atoms. The number of benzene rings is 3. The summed E-state index contributed by atoms with van der Waals surface area (Å²) < 4.78 is 47.5. The Morgan fingerprint density at radius 2 is 1.75 bits per heavy atom. The van der Waals surface area contributed by atoms with Crippen molar-refractivity contribution in [1.82, 2.24) is 0 Å². The van der Waals surface area contributed by atoms with Crippen molar-refractivity contribution in [3.8, 4) is 11.5 Å². The van der Waals surface area contributed by atoms with Crippen LogP contribution in [0.4, 0.5) is 18.9 Å². The molecule has 1 heterocycles. The predicted molar refractivity (Wildman–Crippen MR) is 127 cm³/mol. The number of anilines is 1. The van der Waals surface area contributed by atoms with Crippen LogP contribution in [0.3, 0.4) is 0 Å². The Balaban J connectivity index is 1.91. The summed E-state index contributed by atoms with van der Waals surface area (Å²) in [4.78, 5) is 27.5. The molecular weight excluding hydrogens is 499 g/mol. The number of aliphatic hydroxyl groups is 1. The maximum Gasteiger partial charge on any atom is 0.573 e. The fourth-order valence-electron chi connectivity index (χ4n) is 4.05. The first-order valence-corrected chi connectivity index (χ1v) is 10.9. The number of hydrogen-bond acceptors (Lipinski definition) is 5. The van der Waals surface area contributed by atoms with E-state index >= 15 is 0 Å². The molecule has 1 aliphatic heterocycles. The molecule has 1 amide bonds. The topological polar surface area (TPSA) is 76.1 Å². The zero-order chi connectivity index (χ0) is 26.2. The Morgan fingerprint density at radius 3 is 2.39 bits per heavy atom. The van der Waals surface area contributed by atoms with Crippen molar-refractivity contribution in [1.29, 1.82) is 0 Å².